The molecular weight excluding hydrogens is 276 g/mol. The highest BCUT2D eigenvalue weighted by atomic mass is 16.7. The molecule has 0 amide bonds. The molecule has 0 spiro atoms. The van der Waals surface area contributed by atoms with E-state index in [-0.39, 0.29) is 0 Å². The van der Waals surface area contributed by atoms with E-state index < -0.39 is 48.2 Å². The van der Waals surface area contributed by atoms with E-state index in [1.165, 1.54) is 0 Å². The van der Waals surface area contributed by atoms with Crippen LogP contribution in [0.2, 0.25) is 0 Å². The van der Waals surface area contributed by atoms with E-state index in [9.17, 15) is 24.0 Å². The highest BCUT2D eigenvalue weighted by Gasteiger charge is 2.52. The van der Waals surface area contributed by atoms with Gasteiger partial charge in [-0.25, -0.2) is 9.59 Å². The van der Waals surface area contributed by atoms with Gasteiger partial charge < -0.3 is 18.9 Å². The van der Waals surface area contributed by atoms with Crippen molar-refractivity contribution < 1.29 is 42.9 Å². The Balaban J connectivity index is 3.08. The minimum atomic E-state index is -1.68. The molecule has 1 aliphatic heterocycles. The molecule has 0 aromatic rings. The molecule has 9 heteroatoms. The molecule has 1 heterocycles. The Bertz CT molecular complexity index is 433. The zero-order valence-electron chi connectivity index (χ0n) is 10.9. The molecule has 1 aliphatic rings. The molecule has 0 aliphatic carbocycles. The summed E-state index contributed by atoms with van der Waals surface area (Å²) in [6.07, 6.45) is -4.95. The van der Waals surface area contributed by atoms with Gasteiger partial charge in [0, 0.05) is 20.8 Å². The number of carbonyl (C=O) groups is 5. The van der Waals surface area contributed by atoms with Crippen molar-refractivity contribution in [2.75, 3.05) is 0 Å². The summed E-state index contributed by atoms with van der Waals surface area (Å²) in [6, 6.07) is 0. The Kier molecular flexibility index (Phi) is 4.78. The van der Waals surface area contributed by atoms with Crippen molar-refractivity contribution in [1.29, 1.82) is 0 Å². The van der Waals surface area contributed by atoms with Crippen LogP contribution >= 0.6 is 0 Å². The highest BCUT2D eigenvalue weighted by molar-refractivity contribution is 5.96. The molecule has 0 aromatic carbocycles. The average molecular weight is 288 g/mol. The topological polar surface area (TPSA) is 122 Å². The lowest BCUT2D eigenvalue weighted by Gasteiger charge is -2.32. The van der Waals surface area contributed by atoms with Crippen molar-refractivity contribution in [3.63, 3.8) is 0 Å². The smallest absolute Gasteiger partial charge is 0.359 e. The van der Waals surface area contributed by atoms with E-state index in [1.807, 2.05) is 0 Å². The first-order chi connectivity index (χ1) is 9.22. The summed E-state index contributed by atoms with van der Waals surface area (Å²) in [5.74, 6) is -4.99. The molecule has 0 aromatic heterocycles. The molecule has 1 fully saturated rings. The first kappa shape index (κ1) is 15.6. The fourth-order valence-corrected chi connectivity index (χ4v) is 1.55. The van der Waals surface area contributed by atoms with Gasteiger partial charge in [-0.05, 0) is 0 Å². The number of rotatable bonds is 3. The molecular formula is C11H12O9. The molecule has 9 nitrogen and oxygen atoms in total. The van der Waals surface area contributed by atoms with E-state index in [0.29, 0.717) is 0 Å². The normalized spacial score (nSPS) is 25.4. The van der Waals surface area contributed by atoms with Gasteiger partial charge in [-0.3, -0.25) is 14.4 Å². The Morgan fingerprint density at radius 3 is 1.45 bits per heavy atom. The van der Waals surface area contributed by atoms with Crippen molar-refractivity contribution in [3.8, 4) is 0 Å². The summed E-state index contributed by atoms with van der Waals surface area (Å²) in [6.45, 7) is 3.03. The van der Waals surface area contributed by atoms with Gasteiger partial charge in [0.05, 0.1) is 0 Å². The van der Waals surface area contributed by atoms with Crippen LogP contribution in [-0.4, -0.2) is 48.2 Å². The van der Waals surface area contributed by atoms with Crippen LogP contribution in [0, 0.1) is 0 Å². The van der Waals surface area contributed by atoms with Crippen molar-refractivity contribution in [2.45, 2.75) is 39.1 Å². The molecule has 1 rings (SSSR count). The predicted molar refractivity (Wildman–Crippen MR) is 57.8 cm³/mol. The molecule has 20 heavy (non-hydrogen) atoms. The summed E-state index contributed by atoms with van der Waals surface area (Å²) in [5, 5.41) is 0. The Hall–Kier alpha value is -2.45. The van der Waals surface area contributed by atoms with Gasteiger partial charge >= 0.3 is 29.8 Å². The Morgan fingerprint density at radius 1 is 0.800 bits per heavy atom. The van der Waals surface area contributed by atoms with Crippen molar-refractivity contribution in [1.82, 2.24) is 0 Å². The third kappa shape index (κ3) is 3.77. The standard InChI is InChI=1S/C11H12O9/c1-4(12)17-7-8(18-5(2)13)10(15)20-11(16)9(7)19-6(3)14/h7-9H,1-3H3/t7?,8-,9+. The molecule has 3 atom stereocenters. The van der Waals surface area contributed by atoms with E-state index in [1.54, 1.807) is 0 Å². The van der Waals surface area contributed by atoms with Crippen LogP contribution in [0.15, 0.2) is 0 Å². The second kappa shape index (κ2) is 6.13. The first-order valence-corrected chi connectivity index (χ1v) is 5.49. The largest absolute Gasteiger partial charge is 0.453 e. The van der Waals surface area contributed by atoms with Crippen LogP contribution < -0.4 is 0 Å². The summed E-state index contributed by atoms with van der Waals surface area (Å²) >= 11 is 0. The van der Waals surface area contributed by atoms with E-state index >= 15 is 0 Å². The third-order valence-corrected chi connectivity index (χ3v) is 2.15. The molecule has 0 bridgehead atoms. The molecule has 1 saturated heterocycles. The maximum absolute atomic E-state index is 11.5. The van der Waals surface area contributed by atoms with Gasteiger partial charge in [0.25, 0.3) is 0 Å². The zero-order valence-corrected chi connectivity index (χ0v) is 10.9. The fourth-order valence-electron chi connectivity index (χ4n) is 1.55. The molecule has 110 valence electrons. The second-order valence-corrected chi connectivity index (χ2v) is 3.87. The van der Waals surface area contributed by atoms with Crippen LogP contribution in [0.4, 0.5) is 0 Å². The lowest BCUT2D eigenvalue weighted by atomic mass is 10.0. The highest BCUT2D eigenvalue weighted by Crippen LogP contribution is 2.21. The van der Waals surface area contributed by atoms with Crippen LogP contribution in [0.1, 0.15) is 20.8 Å². The summed E-state index contributed by atoms with van der Waals surface area (Å²) < 4.78 is 18.3. The van der Waals surface area contributed by atoms with Crippen LogP contribution in [-0.2, 0) is 42.9 Å². The number of carbonyl (C=O) groups excluding carboxylic acids is 5. The molecule has 0 saturated carbocycles. The quantitative estimate of drug-likeness (QED) is 0.360. The number of hydrogen-bond acceptors (Lipinski definition) is 9. The average Bonchev–Trinajstić information content (AvgIpc) is 2.27. The van der Waals surface area contributed by atoms with Crippen molar-refractivity contribution in [2.24, 2.45) is 0 Å². The van der Waals surface area contributed by atoms with Gasteiger partial charge in [0.15, 0.2) is 6.10 Å². The zero-order chi connectivity index (χ0) is 15.4. The number of ether oxygens (including phenoxy) is 4. The minimum Gasteiger partial charge on any atom is -0.453 e. The maximum Gasteiger partial charge on any atom is 0.359 e. The van der Waals surface area contributed by atoms with E-state index in [0.717, 1.165) is 20.8 Å². The van der Waals surface area contributed by atoms with Gasteiger partial charge in [0.2, 0.25) is 12.2 Å². The fraction of sp³-hybridized carbons (Fsp3) is 0.545. The third-order valence-electron chi connectivity index (χ3n) is 2.15. The number of hydrogen-bond donors (Lipinski definition) is 0. The lowest BCUT2D eigenvalue weighted by Crippen LogP contribution is -2.57. The predicted octanol–water partition coefficient (Wildman–Crippen LogP) is -1.14. The second-order valence-electron chi connectivity index (χ2n) is 3.87. The Labute approximate surface area is 113 Å². The van der Waals surface area contributed by atoms with E-state index in [2.05, 4.69) is 14.2 Å². The van der Waals surface area contributed by atoms with Crippen LogP contribution in [0.3, 0.4) is 0 Å². The number of cyclic esters (lactones) is 2. The van der Waals surface area contributed by atoms with Crippen LogP contribution in [0.25, 0.3) is 0 Å². The molecule has 1 unspecified atom stereocenters. The van der Waals surface area contributed by atoms with Gasteiger partial charge in [0.1, 0.15) is 0 Å². The monoisotopic (exact) mass is 288 g/mol. The van der Waals surface area contributed by atoms with Gasteiger partial charge in [-0.2, -0.15) is 0 Å². The van der Waals surface area contributed by atoms with Crippen molar-refractivity contribution >= 4 is 29.8 Å². The minimum absolute atomic E-state index is 0.855. The van der Waals surface area contributed by atoms with Crippen molar-refractivity contribution in [3.05, 3.63) is 0 Å². The molecule has 0 radical (unpaired) electrons. The van der Waals surface area contributed by atoms with Crippen LogP contribution in [0.5, 0.6) is 0 Å². The Morgan fingerprint density at radius 2 is 1.15 bits per heavy atom. The molecule has 0 N–H and O–H groups in total. The van der Waals surface area contributed by atoms with Gasteiger partial charge in [-0.1, -0.05) is 0 Å². The van der Waals surface area contributed by atoms with E-state index in [4.69, 9.17) is 4.74 Å². The van der Waals surface area contributed by atoms with Gasteiger partial charge in [-0.15, -0.1) is 0 Å². The lowest BCUT2D eigenvalue weighted by molar-refractivity contribution is -0.213. The first-order valence-electron chi connectivity index (χ1n) is 5.49. The SMILES string of the molecule is CC(=O)OC1[C@H](OC(C)=O)C(=O)OC(=O)[C@@H]1OC(C)=O. The summed E-state index contributed by atoms with van der Waals surface area (Å²) in [7, 11) is 0. The summed E-state index contributed by atoms with van der Waals surface area (Å²) in [4.78, 5) is 55.9. The maximum atomic E-state index is 11.5. The summed E-state index contributed by atoms with van der Waals surface area (Å²) in [5.41, 5.74) is 0. The number of esters is 5.